The predicted octanol–water partition coefficient (Wildman–Crippen LogP) is 0.955. The van der Waals surface area contributed by atoms with Crippen LogP contribution in [0, 0.1) is 0 Å². The standard InChI is InChI=1S/C10H9NO2/c12-7-8-2-1-3-9(6-8)10(13)11-4-5-11/h1-3,6-7H,4-5H2. The maximum absolute atomic E-state index is 11.5. The van der Waals surface area contributed by atoms with E-state index in [2.05, 4.69) is 0 Å². The Morgan fingerprint density at radius 1 is 1.38 bits per heavy atom. The molecule has 3 nitrogen and oxygen atoms in total. The summed E-state index contributed by atoms with van der Waals surface area (Å²) in [5, 5.41) is 0. The fourth-order valence-electron chi connectivity index (χ4n) is 1.18. The zero-order chi connectivity index (χ0) is 9.26. The Morgan fingerprint density at radius 3 is 2.77 bits per heavy atom. The van der Waals surface area contributed by atoms with Crippen LogP contribution in [0.15, 0.2) is 24.3 Å². The van der Waals surface area contributed by atoms with Crippen molar-refractivity contribution in [2.75, 3.05) is 13.1 Å². The first kappa shape index (κ1) is 7.98. The fraction of sp³-hybridized carbons (Fsp3) is 0.200. The van der Waals surface area contributed by atoms with Crippen molar-refractivity contribution in [2.45, 2.75) is 0 Å². The Bertz CT molecular complexity index is 356. The molecule has 1 aliphatic rings. The molecule has 3 heteroatoms. The molecule has 1 aliphatic heterocycles. The van der Waals surface area contributed by atoms with Gasteiger partial charge in [0.05, 0.1) is 0 Å². The smallest absolute Gasteiger partial charge is 0.253 e. The van der Waals surface area contributed by atoms with Gasteiger partial charge < -0.3 is 4.90 Å². The Hall–Kier alpha value is -1.64. The van der Waals surface area contributed by atoms with Gasteiger partial charge in [0.1, 0.15) is 6.29 Å². The highest BCUT2D eigenvalue weighted by Gasteiger charge is 2.24. The van der Waals surface area contributed by atoms with Crippen molar-refractivity contribution in [3.05, 3.63) is 35.4 Å². The van der Waals surface area contributed by atoms with E-state index >= 15 is 0 Å². The van der Waals surface area contributed by atoms with Crippen molar-refractivity contribution in [3.63, 3.8) is 0 Å². The summed E-state index contributed by atoms with van der Waals surface area (Å²) >= 11 is 0. The van der Waals surface area contributed by atoms with Crippen LogP contribution in [0.2, 0.25) is 0 Å². The van der Waals surface area contributed by atoms with E-state index in [0.29, 0.717) is 11.1 Å². The van der Waals surface area contributed by atoms with Gasteiger partial charge in [0.15, 0.2) is 0 Å². The molecule has 1 fully saturated rings. The Labute approximate surface area is 76.0 Å². The molecule has 1 amide bonds. The topological polar surface area (TPSA) is 37.1 Å². The van der Waals surface area contributed by atoms with E-state index in [4.69, 9.17) is 0 Å². The zero-order valence-corrected chi connectivity index (χ0v) is 7.06. The van der Waals surface area contributed by atoms with Crippen LogP contribution in [-0.4, -0.2) is 30.2 Å². The summed E-state index contributed by atoms with van der Waals surface area (Å²) in [5.74, 6) is 0.0173. The average molecular weight is 175 g/mol. The molecule has 0 bridgehead atoms. The molecule has 1 heterocycles. The Balaban J connectivity index is 2.28. The first-order chi connectivity index (χ1) is 6.31. The number of aldehydes is 1. The summed E-state index contributed by atoms with van der Waals surface area (Å²) in [7, 11) is 0. The number of hydrogen-bond acceptors (Lipinski definition) is 2. The molecule has 1 saturated heterocycles. The lowest BCUT2D eigenvalue weighted by molar-refractivity contribution is 0.0885. The maximum atomic E-state index is 11.5. The minimum absolute atomic E-state index is 0.0173. The summed E-state index contributed by atoms with van der Waals surface area (Å²) in [6.45, 7) is 1.67. The van der Waals surface area contributed by atoms with E-state index in [9.17, 15) is 9.59 Å². The van der Waals surface area contributed by atoms with Gasteiger partial charge in [-0.05, 0) is 12.1 Å². The second kappa shape index (κ2) is 3.01. The highest BCUT2D eigenvalue weighted by molar-refractivity contribution is 5.96. The van der Waals surface area contributed by atoms with Crippen molar-refractivity contribution in [1.29, 1.82) is 0 Å². The number of carbonyl (C=O) groups excluding carboxylic acids is 2. The van der Waals surface area contributed by atoms with Crippen LogP contribution in [0.4, 0.5) is 0 Å². The molecule has 0 radical (unpaired) electrons. The largest absolute Gasteiger partial charge is 0.335 e. The molecule has 0 aromatic heterocycles. The van der Waals surface area contributed by atoms with Crippen LogP contribution < -0.4 is 0 Å². The normalized spacial score (nSPS) is 14.0. The molecule has 0 aliphatic carbocycles. The summed E-state index contributed by atoms with van der Waals surface area (Å²) < 4.78 is 0. The Morgan fingerprint density at radius 2 is 2.15 bits per heavy atom. The second-order valence-electron chi connectivity index (χ2n) is 3.04. The van der Waals surface area contributed by atoms with Gasteiger partial charge in [-0.1, -0.05) is 12.1 Å². The molecule has 0 spiro atoms. The maximum Gasteiger partial charge on any atom is 0.253 e. The summed E-state index contributed by atoms with van der Waals surface area (Å²) in [5.41, 5.74) is 1.15. The van der Waals surface area contributed by atoms with Crippen LogP contribution >= 0.6 is 0 Å². The lowest BCUT2D eigenvalue weighted by Crippen LogP contribution is -2.10. The summed E-state index contributed by atoms with van der Waals surface area (Å²) in [6, 6.07) is 6.76. The van der Waals surface area contributed by atoms with E-state index in [1.807, 2.05) is 0 Å². The Kier molecular flexibility index (Phi) is 1.85. The first-order valence-corrected chi connectivity index (χ1v) is 4.16. The monoisotopic (exact) mass is 175 g/mol. The van der Waals surface area contributed by atoms with Crippen LogP contribution in [0.25, 0.3) is 0 Å². The first-order valence-electron chi connectivity index (χ1n) is 4.16. The van der Waals surface area contributed by atoms with Crippen molar-refractivity contribution in [3.8, 4) is 0 Å². The number of hydrogen-bond donors (Lipinski definition) is 0. The van der Waals surface area contributed by atoms with Crippen LogP contribution in [-0.2, 0) is 0 Å². The lowest BCUT2D eigenvalue weighted by atomic mass is 10.1. The van der Waals surface area contributed by atoms with Gasteiger partial charge in [-0.3, -0.25) is 9.59 Å². The lowest BCUT2D eigenvalue weighted by Gasteiger charge is -2.00. The minimum Gasteiger partial charge on any atom is -0.335 e. The van der Waals surface area contributed by atoms with Gasteiger partial charge in [-0.25, -0.2) is 0 Å². The number of rotatable bonds is 2. The second-order valence-corrected chi connectivity index (χ2v) is 3.04. The predicted molar refractivity (Wildman–Crippen MR) is 47.7 cm³/mol. The zero-order valence-electron chi connectivity index (χ0n) is 7.06. The molecule has 0 saturated carbocycles. The van der Waals surface area contributed by atoms with E-state index in [1.165, 1.54) is 0 Å². The number of carbonyl (C=O) groups is 2. The molecule has 66 valence electrons. The summed E-state index contributed by atoms with van der Waals surface area (Å²) in [6.07, 6.45) is 0.749. The van der Waals surface area contributed by atoms with Crippen LogP contribution in [0.1, 0.15) is 20.7 Å². The quantitative estimate of drug-likeness (QED) is 0.495. The van der Waals surface area contributed by atoms with Gasteiger partial charge >= 0.3 is 0 Å². The van der Waals surface area contributed by atoms with E-state index in [-0.39, 0.29) is 5.91 Å². The molecule has 13 heavy (non-hydrogen) atoms. The van der Waals surface area contributed by atoms with Crippen LogP contribution in [0.3, 0.4) is 0 Å². The highest BCUT2D eigenvalue weighted by Crippen LogP contribution is 2.12. The van der Waals surface area contributed by atoms with Crippen molar-refractivity contribution in [1.82, 2.24) is 4.90 Å². The van der Waals surface area contributed by atoms with E-state index in [0.717, 1.165) is 19.4 Å². The highest BCUT2D eigenvalue weighted by atomic mass is 16.2. The number of amides is 1. The average Bonchev–Trinajstić information content (AvgIpc) is 3.00. The molecule has 1 aromatic carbocycles. The number of benzene rings is 1. The van der Waals surface area contributed by atoms with E-state index < -0.39 is 0 Å². The number of nitrogens with zero attached hydrogens (tertiary/aromatic N) is 1. The molecular weight excluding hydrogens is 166 g/mol. The van der Waals surface area contributed by atoms with Gasteiger partial charge in [0.25, 0.3) is 5.91 Å². The third kappa shape index (κ3) is 1.59. The van der Waals surface area contributed by atoms with Crippen LogP contribution in [0.5, 0.6) is 0 Å². The van der Waals surface area contributed by atoms with Gasteiger partial charge in [-0.2, -0.15) is 0 Å². The van der Waals surface area contributed by atoms with Crippen molar-refractivity contribution >= 4 is 12.2 Å². The van der Waals surface area contributed by atoms with Gasteiger partial charge in [-0.15, -0.1) is 0 Å². The van der Waals surface area contributed by atoms with Gasteiger partial charge in [0.2, 0.25) is 0 Å². The fourth-order valence-corrected chi connectivity index (χ4v) is 1.18. The third-order valence-corrected chi connectivity index (χ3v) is 2.00. The summed E-state index contributed by atoms with van der Waals surface area (Å²) in [4.78, 5) is 23.7. The molecule has 2 rings (SSSR count). The molecule has 0 N–H and O–H groups in total. The molecule has 0 unspecified atom stereocenters. The molecule has 1 aromatic rings. The SMILES string of the molecule is O=Cc1cccc(C(=O)N2CC2)c1. The minimum atomic E-state index is 0.0173. The van der Waals surface area contributed by atoms with Crippen molar-refractivity contribution in [2.24, 2.45) is 0 Å². The third-order valence-electron chi connectivity index (χ3n) is 2.00. The van der Waals surface area contributed by atoms with Gasteiger partial charge in [0, 0.05) is 24.2 Å². The molecular formula is C10H9NO2. The van der Waals surface area contributed by atoms with E-state index in [1.54, 1.807) is 29.2 Å². The van der Waals surface area contributed by atoms with Crippen molar-refractivity contribution < 1.29 is 9.59 Å². The molecule has 0 atom stereocenters.